The number of aliphatic hydroxyl groups excluding tert-OH is 2. The predicted molar refractivity (Wildman–Crippen MR) is 376 cm³/mol. The van der Waals surface area contributed by atoms with Crippen molar-refractivity contribution in [2.75, 3.05) is 151 Å². The molecular weight excluding hydrogens is 1320 g/mol. The third kappa shape index (κ3) is 17.4. The van der Waals surface area contributed by atoms with E-state index in [1.165, 1.54) is 0 Å². The van der Waals surface area contributed by atoms with Crippen LogP contribution in [0.15, 0.2) is 146 Å². The zero-order valence-electron chi connectivity index (χ0n) is 54.3. The number of alkyl halides is 2. The van der Waals surface area contributed by atoms with Crippen molar-refractivity contribution in [3.63, 3.8) is 0 Å². The number of imidazole rings is 1. The van der Waals surface area contributed by atoms with Crippen LogP contribution in [-0.4, -0.2) is 194 Å². The topological polar surface area (TPSA) is 300 Å². The van der Waals surface area contributed by atoms with Gasteiger partial charge in [-0.1, -0.05) is 42.5 Å². The monoisotopic (exact) mass is 1390 g/mol. The van der Waals surface area contributed by atoms with Crippen LogP contribution in [0.5, 0.6) is 23.0 Å². The summed E-state index contributed by atoms with van der Waals surface area (Å²) in [5.41, 5.74) is 7.34. The van der Waals surface area contributed by atoms with Crippen LogP contribution in [0, 0.1) is 6.92 Å². The highest BCUT2D eigenvalue weighted by atomic mass is 35.5. The molecule has 0 aliphatic carbocycles. The van der Waals surface area contributed by atoms with Crippen LogP contribution in [0.2, 0.25) is 0 Å². The number of aromatic amines is 1. The van der Waals surface area contributed by atoms with Gasteiger partial charge in [-0.3, -0.25) is 19.2 Å². The number of rotatable bonds is 32. The average molecular weight is 1390 g/mol. The average Bonchev–Trinajstić information content (AvgIpc) is 1.62. The molecule has 0 unspecified atom stereocenters. The molecular formula is C73H76Cl2N8O16. The Bertz CT molecular complexity index is 4440. The number of nitrogens with one attached hydrogen (secondary N) is 3. The number of carbonyl (C=O) groups excluding carboxylic acids is 4. The third-order valence-electron chi connectivity index (χ3n) is 16.6. The Kier molecular flexibility index (Phi) is 24.6. The molecule has 10 aromatic rings. The first-order valence-electron chi connectivity index (χ1n) is 32.3. The minimum atomic E-state index is -0.344. The van der Waals surface area contributed by atoms with E-state index in [4.69, 9.17) is 71.3 Å². The van der Waals surface area contributed by atoms with E-state index >= 15 is 0 Å². The minimum absolute atomic E-state index is 0.00506. The summed E-state index contributed by atoms with van der Waals surface area (Å²) in [7, 11) is 0. The van der Waals surface area contributed by atoms with Gasteiger partial charge >= 0.3 is 0 Å². The molecule has 0 spiro atoms. The smallest absolute Gasteiger partial charge is 0.278 e. The van der Waals surface area contributed by atoms with Gasteiger partial charge in [0.25, 0.3) is 23.6 Å². The van der Waals surface area contributed by atoms with E-state index in [9.17, 15) is 29.4 Å². The number of amides is 4. The maximum absolute atomic E-state index is 13.9. The van der Waals surface area contributed by atoms with E-state index < -0.39 is 0 Å². The number of H-pyrrole nitrogens is 1. The number of anilines is 4. The van der Waals surface area contributed by atoms with Gasteiger partial charge in [0.05, 0.1) is 121 Å². The van der Waals surface area contributed by atoms with Crippen LogP contribution in [0.3, 0.4) is 0 Å². The van der Waals surface area contributed by atoms with Crippen LogP contribution in [-0.2, 0) is 28.4 Å². The summed E-state index contributed by atoms with van der Waals surface area (Å²) in [6.45, 7) is 8.25. The summed E-state index contributed by atoms with van der Waals surface area (Å²) in [5, 5.41) is 48.5. The number of halogens is 2. The van der Waals surface area contributed by atoms with E-state index in [-0.39, 0.29) is 65.9 Å². The quantitative estimate of drug-likeness (QED) is 0.0152. The van der Waals surface area contributed by atoms with Crippen LogP contribution in [0.4, 0.5) is 22.9 Å². The molecule has 6 heterocycles. The first-order valence-corrected chi connectivity index (χ1v) is 33.4. The molecule has 6 aromatic carbocycles. The molecule has 0 bridgehead atoms. The fraction of sp³-hybridized carbons (Fsp3) is 0.315. The fourth-order valence-electron chi connectivity index (χ4n) is 11.9. The molecule has 2 atom stereocenters. The number of fused-ring (bicyclic) bond motifs is 8. The Morgan fingerprint density at radius 3 is 1.66 bits per heavy atom. The SMILES string of the molecule is Cc1cccc2c(O)cc3c(c12)[C@H](CCl)CN3C(=O)c1cc2cc(NC(=O)c3ccc(OCCOCCOCCOCCO)cc3)ncc2[nH]1.O=C(Nc1ccc2nc(C(=O)N3C[C@@H](CCl)c4c3cc(O)c3ccccc43)cn2c1)c1ccc(OCCOCCOCCOCCO)cc1. The molecule has 0 fully saturated rings. The van der Waals surface area contributed by atoms with Gasteiger partial charge in [-0.15, -0.1) is 23.2 Å². The number of phenols is 2. The molecule has 26 heteroatoms. The summed E-state index contributed by atoms with van der Waals surface area (Å²) in [4.78, 5) is 68.9. The van der Waals surface area contributed by atoms with Gasteiger partial charge in [0.2, 0.25) is 0 Å². The third-order valence-corrected chi connectivity index (χ3v) is 17.3. The summed E-state index contributed by atoms with van der Waals surface area (Å²) < 4.78 is 45.0. The van der Waals surface area contributed by atoms with Crippen LogP contribution in [0.25, 0.3) is 38.1 Å². The van der Waals surface area contributed by atoms with Crippen LogP contribution >= 0.6 is 23.2 Å². The Morgan fingerprint density at radius 1 is 0.556 bits per heavy atom. The number of pyridine rings is 2. The van der Waals surface area contributed by atoms with Crippen molar-refractivity contribution in [3.05, 3.63) is 185 Å². The second-order valence-electron chi connectivity index (χ2n) is 23.2. The Balaban J connectivity index is 0.000000200. The molecule has 24 nitrogen and oxygen atoms in total. The first-order chi connectivity index (χ1) is 48.3. The molecule has 0 saturated heterocycles. The van der Waals surface area contributed by atoms with Crippen molar-refractivity contribution in [2.45, 2.75) is 18.8 Å². The minimum Gasteiger partial charge on any atom is -0.507 e. The van der Waals surface area contributed by atoms with Gasteiger partial charge in [0.15, 0.2) is 0 Å². The van der Waals surface area contributed by atoms with Crippen molar-refractivity contribution in [3.8, 4) is 23.0 Å². The summed E-state index contributed by atoms with van der Waals surface area (Å²) >= 11 is 12.8. The molecule has 7 N–H and O–H groups in total. The van der Waals surface area contributed by atoms with Gasteiger partial charge in [-0.2, -0.15) is 0 Å². The van der Waals surface area contributed by atoms with Gasteiger partial charge < -0.3 is 88.1 Å². The lowest BCUT2D eigenvalue weighted by molar-refractivity contribution is 0.00361. The highest BCUT2D eigenvalue weighted by Gasteiger charge is 2.38. The Morgan fingerprint density at radius 2 is 1.07 bits per heavy atom. The highest BCUT2D eigenvalue weighted by molar-refractivity contribution is 6.20. The lowest BCUT2D eigenvalue weighted by atomic mass is 9.92. The zero-order valence-corrected chi connectivity index (χ0v) is 55.8. The van der Waals surface area contributed by atoms with Gasteiger partial charge in [0, 0.05) is 88.5 Å². The maximum Gasteiger partial charge on any atom is 0.278 e. The second-order valence-corrected chi connectivity index (χ2v) is 23.8. The number of hydrogen-bond donors (Lipinski definition) is 7. The first kappa shape index (κ1) is 70.9. The lowest BCUT2D eigenvalue weighted by Gasteiger charge is -2.18. The second kappa shape index (κ2) is 34.4. The number of phenolic OH excluding ortho intramolecular Hbond substituents is 2. The summed E-state index contributed by atoms with van der Waals surface area (Å²) in [5.74, 6) is 1.01. The van der Waals surface area contributed by atoms with E-state index in [2.05, 4.69) is 25.6 Å². The number of aryl methyl sites for hydroxylation is 1. The molecule has 99 heavy (non-hydrogen) atoms. The van der Waals surface area contributed by atoms with Crippen LogP contribution in [0.1, 0.15) is 70.2 Å². The van der Waals surface area contributed by atoms with E-state index in [0.29, 0.717) is 185 Å². The normalized spacial score (nSPS) is 14.0. The van der Waals surface area contributed by atoms with Gasteiger partial charge in [0.1, 0.15) is 59.1 Å². The fourth-order valence-corrected chi connectivity index (χ4v) is 12.4. The molecule has 12 rings (SSSR count). The van der Waals surface area contributed by atoms with Crippen molar-refractivity contribution in [2.24, 2.45) is 0 Å². The molecule has 518 valence electrons. The summed E-state index contributed by atoms with van der Waals surface area (Å²) in [6.07, 6.45) is 4.90. The Hall–Kier alpha value is -9.44. The predicted octanol–water partition coefficient (Wildman–Crippen LogP) is 10.2. The molecule has 0 radical (unpaired) electrons. The number of ether oxygens (including phenoxy) is 8. The largest absolute Gasteiger partial charge is 0.507 e. The number of hydrogen-bond acceptors (Lipinski definition) is 18. The lowest BCUT2D eigenvalue weighted by Crippen LogP contribution is -2.30. The molecule has 2 aliphatic heterocycles. The highest BCUT2D eigenvalue weighted by Crippen LogP contribution is 2.48. The van der Waals surface area contributed by atoms with E-state index in [1.807, 2.05) is 49.4 Å². The van der Waals surface area contributed by atoms with E-state index in [0.717, 1.165) is 38.2 Å². The number of benzene rings is 6. The number of carbonyl (C=O) groups is 4. The van der Waals surface area contributed by atoms with Gasteiger partial charge in [-0.05, 0) is 107 Å². The summed E-state index contributed by atoms with van der Waals surface area (Å²) in [6, 6.07) is 37.0. The van der Waals surface area contributed by atoms with Crippen molar-refractivity contribution >= 4 is 108 Å². The standard InChI is InChI=1S/C37H39ClN4O8.C36H37ClN4O8/c1-23-3-2-4-28-32(44)19-31-35(34(23)28)26(20-38)22-42(31)37(46)29-17-25-18-33(39-21-30(25)40-29)41-36(45)24-5-7-27(8-6-24)50-16-15-49-14-13-48-12-11-47-10-9-43;37-20-25-21-41(31-19-32(43)28-3-1-2-4-29(28)34(25)31)36(45)30-23-40-22-26(7-10-33(40)39-30)38-35(44)24-5-8-27(9-6-24)49-18-17-48-16-15-47-14-13-46-12-11-42/h2-8,17-19,21,26,40,43-44H,9-16,20,22H2,1H3,(H,39,41,45);1-10,19,22-23,25,42-43H,11-18,20-21H2,(H,38,44)/t26-;25-/m11/s1. The maximum atomic E-state index is 13.9. The number of aliphatic hydroxyl groups is 2. The van der Waals surface area contributed by atoms with Gasteiger partial charge in [-0.25, -0.2) is 9.97 Å². The zero-order chi connectivity index (χ0) is 69.2. The molecule has 2 aliphatic rings. The Labute approximate surface area is 579 Å². The number of aromatic hydroxyl groups is 2. The van der Waals surface area contributed by atoms with Crippen molar-refractivity contribution in [1.29, 1.82) is 0 Å². The van der Waals surface area contributed by atoms with Crippen molar-refractivity contribution < 1.29 is 77.5 Å². The molecule has 4 aromatic heterocycles. The van der Waals surface area contributed by atoms with E-state index in [1.54, 1.807) is 118 Å². The number of aromatic nitrogens is 4. The molecule has 0 saturated carbocycles. The number of nitrogens with zero attached hydrogens (tertiary/aromatic N) is 5. The molecule has 4 amide bonds. The van der Waals surface area contributed by atoms with Crippen LogP contribution < -0.4 is 29.9 Å². The van der Waals surface area contributed by atoms with Crippen molar-refractivity contribution in [1.82, 2.24) is 19.4 Å².